The van der Waals surface area contributed by atoms with Gasteiger partial charge in [0.2, 0.25) is 10.0 Å². The molecule has 0 aliphatic carbocycles. The number of benzene rings is 3. The molecule has 6 nitrogen and oxygen atoms in total. The fraction of sp³-hybridized carbons (Fsp3) is 0.0952. The van der Waals surface area contributed by atoms with Crippen LogP contribution in [0.4, 0.5) is 14.5 Å². The van der Waals surface area contributed by atoms with Gasteiger partial charge in [-0.25, -0.2) is 21.9 Å². The van der Waals surface area contributed by atoms with Crippen LogP contribution < -0.4 is 14.8 Å². The number of ether oxygens (including phenoxy) is 1. The van der Waals surface area contributed by atoms with E-state index < -0.39 is 27.6 Å². The van der Waals surface area contributed by atoms with Crippen molar-refractivity contribution in [2.75, 3.05) is 12.4 Å². The Labute approximate surface area is 172 Å². The molecule has 156 valence electrons. The molecule has 3 aromatic carbocycles. The number of nitrogens with one attached hydrogen (secondary N) is 2. The lowest BCUT2D eigenvalue weighted by atomic mass is 10.2. The van der Waals surface area contributed by atoms with Crippen molar-refractivity contribution in [2.24, 2.45) is 0 Å². The first-order chi connectivity index (χ1) is 14.3. The van der Waals surface area contributed by atoms with Crippen LogP contribution in [0.5, 0.6) is 5.75 Å². The minimum Gasteiger partial charge on any atom is -0.495 e. The van der Waals surface area contributed by atoms with Crippen molar-refractivity contribution in [1.82, 2.24) is 4.72 Å². The second kappa shape index (κ2) is 9.02. The number of methoxy groups -OCH3 is 1. The number of halogens is 2. The van der Waals surface area contributed by atoms with Crippen LogP contribution in [-0.2, 0) is 16.6 Å². The Kier molecular flexibility index (Phi) is 6.43. The molecule has 2 N–H and O–H groups in total. The third kappa shape index (κ3) is 5.00. The molecule has 0 aliphatic rings. The Balaban J connectivity index is 1.86. The molecule has 0 bridgehead atoms. The van der Waals surface area contributed by atoms with Crippen LogP contribution in [0.3, 0.4) is 0 Å². The van der Waals surface area contributed by atoms with Crippen molar-refractivity contribution in [1.29, 1.82) is 0 Å². The zero-order valence-corrected chi connectivity index (χ0v) is 16.7. The van der Waals surface area contributed by atoms with Gasteiger partial charge in [0.15, 0.2) is 0 Å². The van der Waals surface area contributed by atoms with Crippen molar-refractivity contribution < 1.29 is 26.7 Å². The highest BCUT2D eigenvalue weighted by Crippen LogP contribution is 2.26. The average Bonchev–Trinajstić information content (AvgIpc) is 2.74. The van der Waals surface area contributed by atoms with Gasteiger partial charge in [0, 0.05) is 18.2 Å². The summed E-state index contributed by atoms with van der Waals surface area (Å²) in [5, 5.41) is 2.29. The van der Waals surface area contributed by atoms with E-state index in [0.717, 1.165) is 23.8 Å². The lowest BCUT2D eigenvalue weighted by Gasteiger charge is -2.13. The maximum atomic E-state index is 13.8. The van der Waals surface area contributed by atoms with Gasteiger partial charge in [-0.15, -0.1) is 0 Å². The van der Waals surface area contributed by atoms with Crippen LogP contribution >= 0.6 is 0 Å². The zero-order valence-electron chi connectivity index (χ0n) is 15.9. The quantitative estimate of drug-likeness (QED) is 0.596. The van der Waals surface area contributed by atoms with E-state index in [-0.39, 0.29) is 28.4 Å². The predicted molar refractivity (Wildman–Crippen MR) is 108 cm³/mol. The Bertz CT molecular complexity index is 1170. The van der Waals surface area contributed by atoms with Crippen LogP contribution in [0.15, 0.2) is 71.6 Å². The SMILES string of the molecule is COc1ccc(C(=O)Nc2ccc(F)cc2F)cc1S(=O)(=O)NCc1ccccc1. The van der Waals surface area contributed by atoms with Gasteiger partial charge in [0.1, 0.15) is 22.3 Å². The number of carbonyl (C=O) groups excluding carboxylic acids is 1. The molecule has 0 aliphatic heterocycles. The Morgan fingerprint density at radius 1 is 1.00 bits per heavy atom. The predicted octanol–water partition coefficient (Wildman–Crippen LogP) is 3.70. The maximum absolute atomic E-state index is 13.8. The average molecular weight is 432 g/mol. The Hall–Kier alpha value is -3.30. The van der Waals surface area contributed by atoms with E-state index in [1.54, 1.807) is 24.3 Å². The molecule has 0 spiro atoms. The van der Waals surface area contributed by atoms with E-state index in [1.165, 1.54) is 19.2 Å². The van der Waals surface area contributed by atoms with Gasteiger partial charge in [-0.05, 0) is 35.9 Å². The van der Waals surface area contributed by atoms with Gasteiger partial charge >= 0.3 is 0 Å². The molecule has 0 fully saturated rings. The number of rotatable bonds is 7. The van der Waals surface area contributed by atoms with Gasteiger partial charge < -0.3 is 10.1 Å². The van der Waals surface area contributed by atoms with Gasteiger partial charge in [-0.1, -0.05) is 30.3 Å². The normalized spacial score (nSPS) is 11.2. The van der Waals surface area contributed by atoms with Crippen molar-refractivity contribution in [2.45, 2.75) is 11.4 Å². The molecule has 0 aromatic heterocycles. The zero-order chi connectivity index (χ0) is 21.7. The molecule has 0 atom stereocenters. The number of hydrogen-bond acceptors (Lipinski definition) is 4. The molecule has 0 saturated heterocycles. The fourth-order valence-electron chi connectivity index (χ4n) is 2.67. The molecule has 9 heteroatoms. The summed E-state index contributed by atoms with van der Waals surface area (Å²) in [5.41, 5.74) is 0.476. The first-order valence-electron chi connectivity index (χ1n) is 8.78. The largest absolute Gasteiger partial charge is 0.495 e. The summed E-state index contributed by atoms with van der Waals surface area (Å²) in [7, 11) is -2.72. The van der Waals surface area contributed by atoms with E-state index in [4.69, 9.17) is 4.74 Å². The summed E-state index contributed by atoms with van der Waals surface area (Å²) < 4.78 is 60.0. The molecule has 0 radical (unpaired) electrons. The van der Waals surface area contributed by atoms with Gasteiger partial charge in [-0.3, -0.25) is 4.79 Å². The molecule has 3 aromatic rings. The monoisotopic (exact) mass is 432 g/mol. The molecule has 30 heavy (non-hydrogen) atoms. The van der Waals surface area contributed by atoms with E-state index in [2.05, 4.69) is 10.0 Å². The highest BCUT2D eigenvalue weighted by Gasteiger charge is 2.22. The lowest BCUT2D eigenvalue weighted by molar-refractivity contribution is 0.102. The van der Waals surface area contributed by atoms with Gasteiger partial charge in [0.25, 0.3) is 5.91 Å². The van der Waals surface area contributed by atoms with Crippen LogP contribution in [0, 0.1) is 11.6 Å². The van der Waals surface area contributed by atoms with Gasteiger partial charge in [-0.2, -0.15) is 0 Å². The number of hydrogen-bond donors (Lipinski definition) is 2. The Morgan fingerprint density at radius 3 is 2.40 bits per heavy atom. The number of carbonyl (C=O) groups is 1. The van der Waals surface area contributed by atoms with Crippen molar-refractivity contribution >= 4 is 21.6 Å². The van der Waals surface area contributed by atoms with E-state index in [1.807, 2.05) is 6.07 Å². The first kappa shape index (κ1) is 21.4. The van der Waals surface area contributed by atoms with Crippen LogP contribution in [0.25, 0.3) is 0 Å². The molecular formula is C21H18F2N2O4S. The molecule has 0 saturated carbocycles. The number of anilines is 1. The van der Waals surface area contributed by atoms with E-state index in [9.17, 15) is 22.0 Å². The van der Waals surface area contributed by atoms with Crippen LogP contribution in [-0.4, -0.2) is 21.4 Å². The summed E-state index contributed by atoms with van der Waals surface area (Å²) >= 11 is 0. The number of sulfonamides is 1. The van der Waals surface area contributed by atoms with Crippen LogP contribution in [0.1, 0.15) is 15.9 Å². The topological polar surface area (TPSA) is 84.5 Å². The second-order valence-corrected chi connectivity index (χ2v) is 7.99. The Morgan fingerprint density at radius 2 is 1.73 bits per heavy atom. The smallest absolute Gasteiger partial charge is 0.255 e. The third-order valence-electron chi connectivity index (χ3n) is 4.20. The summed E-state index contributed by atoms with van der Waals surface area (Å²) in [6, 6.07) is 15.4. The summed E-state index contributed by atoms with van der Waals surface area (Å²) in [5.74, 6) is -2.45. The molecule has 3 rings (SSSR count). The first-order valence-corrected chi connectivity index (χ1v) is 10.3. The third-order valence-corrected chi connectivity index (χ3v) is 5.63. The standard InChI is InChI=1S/C21H18F2N2O4S/c1-29-19-10-7-15(21(26)25-18-9-8-16(22)12-17(18)23)11-20(19)30(27,28)24-13-14-5-3-2-4-6-14/h2-12,24H,13H2,1H3,(H,25,26). The van der Waals surface area contributed by atoms with Crippen molar-refractivity contribution in [3.63, 3.8) is 0 Å². The summed E-state index contributed by atoms with van der Waals surface area (Å²) in [4.78, 5) is 12.2. The van der Waals surface area contributed by atoms with Crippen LogP contribution in [0.2, 0.25) is 0 Å². The van der Waals surface area contributed by atoms with Crippen molar-refractivity contribution in [3.8, 4) is 5.75 Å². The highest BCUT2D eigenvalue weighted by atomic mass is 32.2. The van der Waals surface area contributed by atoms with E-state index >= 15 is 0 Å². The van der Waals surface area contributed by atoms with E-state index in [0.29, 0.717) is 6.07 Å². The molecule has 0 heterocycles. The minimum absolute atomic E-state index is 0.0417. The minimum atomic E-state index is -4.02. The molecule has 1 amide bonds. The molecular weight excluding hydrogens is 414 g/mol. The summed E-state index contributed by atoms with van der Waals surface area (Å²) in [6.07, 6.45) is 0. The summed E-state index contributed by atoms with van der Waals surface area (Å²) in [6.45, 7) is 0.0452. The second-order valence-electron chi connectivity index (χ2n) is 6.25. The highest BCUT2D eigenvalue weighted by molar-refractivity contribution is 7.89. The van der Waals surface area contributed by atoms with Gasteiger partial charge in [0.05, 0.1) is 12.8 Å². The maximum Gasteiger partial charge on any atom is 0.255 e. The fourth-order valence-corrected chi connectivity index (χ4v) is 3.88. The molecule has 0 unspecified atom stereocenters. The van der Waals surface area contributed by atoms with Crippen molar-refractivity contribution in [3.05, 3.63) is 89.5 Å². The number of amides is 1. The lowest BCUT2D eigenvalue weighted by Crippen LogP contribution is -2.24.